The third-order valence-electron chi connectivity index (χ3n) is 4.14. The normalized spacial score (nSPS) is 23.3. The maximum Gasteiger partial charge on any atom is 0.245 e. The van der Waals surface area contributed by atoms with E-state index in [0.717, 1.165) is 6.54 Å². The molecule has 2 amide bonds. The maximum atomic E-state index is 12.5. The SMILES string of the molecule is CC(C)C1NC(=O)CCN(CC(C)C(C)(C)C)C1=O. The highest BCUT2D eigenvalue weighted by atomic mass is 16.2. The maximum absolute atomic E-state index is 12.5. The molecule has 1 N–H and O–H groups in total. The molecule has 19 heavy (non-hydrogen) atoms. The van der Waals surface area contributed by atoms with Crippen LogP contribution in [0, 0.1) is 17.3 Å². The van der Waals surface area contributed by atoms with Crippen molar-refractivity contribution in [2.24, 2.45) is 17.3 Å². The molecule has 1 saturated heterocycles. The van der Waals surface area contributed by atoms with Crippen LogP contribution >= 0.6 is 0 Å². The van der Waals surface area contributed by atoms with Crippen molar-refractivity contribution < 1.29 is 9.59 Å². The molecule has 2 atom stereocenters. The van der Waals surface area contributed by atoms with Gasteiger partial charge in [-0.25, -0.2) is 0 Å². The first kappa shape index (κ1) is 16.0. The Balaban J connectivity index is 2.82. The number of hydrogen-bond acceptors (Lipinski definition) is 2. The summed E-state index contributed by atoms with van der Waals surface area (Å²) in [6, 6.07) is -0.373. The molecule has 4 heteroatoms. The number of nitrogens with zero attached hydrogens (tertiary/aromatic N) is 1. The molecule has 1 aliphatic heterocycles. The van der Waals surface area contributed by atoms with Crippen molar-refractivity contribution in [1.29, 1.82) is 0 Å². The van der Waals surface area contributed by atoms with Crippen LogP contribution < -0.4 is 5.32 Å². The first-order chi connectivity index (χ1) is 8.62. The fourth-order valence-corrected chi connectivity index (χ4v) is 2.09. The highest BCUT2D eigenvalue weighted by Crippen LogP contribution is 2.26. The smallest absolute Gasteiger partial charge is 0.245 e. The van der Waals surface area contributed by atoms with Crippen molar-refractivity contribution >= 4 is 11.8 Å². The van der Waals surface area contributed by atoms with Gasteiger partial charge in [0.2, 0.25) is 11.8 Å². The zero-order chi connectivity index (χ0) is 14.8. The number of rotatable bonds is 3. The van der Waals surface area contributed by atoms with E-state index < -0.39 is 0 Å². The number of hydrogen-bond donors (Lipinski definition) is 1. The zero-order valence-corrected chi connectivity index (χ0v) is 13.1. The van der Waals surface area contributed by atoms with Crippen LogP contribution in [-0.4, -0.2) is 35.8 Å². The predicted molar refractivity (Wildman–Crippen MR) is 76.6 cm³/mol. The molecule has 0 aromatic heterocycles. The summed E-state index contributed by atoms with van der Waals surface area (Å²) >= 11 is 0. The molecule has 0 radical (unpaired) electrons. The molecule has 1 heterocycles. The Bertz CT molecular complexity index is 345. The molecule has 0 aromatic carbocycles. The van der Waals surface area contributed by atoms with E-state index in [0.29, 0.717) is 18.9 Å². The van der Waals surface area contributed by atoms with Gasteiger partial charge in [0.25, 0.3) is 0 Å². The number of carbonyl (C=O) groups excluding carboxylic acids is 2. The van der Waals surface area contributed by atoms with Crippen LogP contribution in [0.25, 0.3) is 0 Å². The highest BCUT2D eigenvalue weighted by Gasteiger charge is 2.33. The molecule has 2 unspecified atom stereocenters. The van der Waals surface area contributed by atoms with Gasteiger partial charge < -0.3 is 10.2 Å². The summed E-state index contributed by atoms with van der Waals surface area (Å²) in [7, 11) is 0. The van der Waals surface area contributed by atoms with Gasteiger partial charge in [0.05, 0.1) is 0 Å². The Morgan fingerprint density at radius 2 is 1.84 bits per heavy atom. The van der Waals surface area contributed by atoms with Gasteiger partial charge in [-0.2, -0.15) is 0 Å². The number of amides is 2. The van der Waals surface area contributed by atoms with Gasteiger partial charge >= 0.3 is 0 Å². The Hall–Kier alpha value is -1.06. The molecule has 1 fully saturated rings. The summed E-state index contributed by atoms with van der Waals surface area (Å²) in [5.41, 5.74) is 0.164. The summed E-state index contributed by atoms with van der Waals surface area (Å²) in [5.74, 6) is 0.578. The van der Waals surface area contributed by atoms with Crippen molar-refractivity contribution in [2.45, 2.75) is 54.0 Å². The van der Waals surface area contributed by atoms with E-state index in [1.54, 1.807) is 0 Å². The number of nitrogens with one attached hydrogen (secondary N) is 1. The van der Waals surface area contributed by atoms with E-state index in [2.05, 4.69) is 33.0 Å². The highest BCUT2D eigenvalue weighted by molar-refractivity contribution is 5.90. The summed E-state index contributed by atoms with van der Waals surface area (Å²) < 4.78 is 0. The van der Waals surface area contributed by atoms with Gasteiger partial charge in [-0.3, -0.25) is 9.59 Å². The fraction of sp³-hybridized carbons (Fsp3) is 0.867. The third kappa shape index (κ3) is 4.22. The van der Waals surface area contributed by atoms with Crippen LogP contribution in [0.15, 0.2) is 0 Å². The second-order valence-corrected chi connectivity index (χ2v) is 7.09. The van der Waals surface area contributed by atoms with E-state index in [1.165, 1.54) is 0 Å². The molecule has 0 bridgehead atoms. The van der Waals surface area contributed by atoms with Crippen LogP contribution in [-0.2, 0) is 9.59 Å². The van der Waals surface area contributed by atoms with E-state index in [-0.39, 0.29) is 29.2 Å². The van der Waals surface area contributed by atoms with Gasteiger partial charge in [-0.1, -0.05) is 41.5 Å². The minimum Gasteiger partial charge on any atom is -0.344 e. The second kappa shape index (κ2) is 5.93. The first-order valence-corrected chi connectivity index (χ1v) is 7.21. The second-order valence-electron chi connectivity index (χ2n) is 7.09. The summed E-state index contributed by atoms with van der Waals surface area (Å²) in [6.45, 7) is 13.9. The summed E-state index contributed by atoms with van der Waals surface area (Å²) in [5, 5.41) is 2.84. The average molecular weight is 268 g/mol. The van der Waals surface area contributed by atoms with Crippen molar-refractivity contribution in [3.05, 3.63) is 0 Å². The summed E-state index contributed by atoms with van der Waals surface area (Å²) in [6.07, 6.45) is 0.409. The molecular weight excluding hydrogens is 240 g/mol. The lowest BCUT2D eigenvalue weighted by atomic mass is 9.81. The van der Waals surface area contributed by atoms with Crippen LogP contribution in [0.3, 0.4) is 0 Å². The van der Waals surface area contributed by atoms with Gasteiger partial charge in [0, 0.05) is 19.5 Å². The average Bonchev–Trinajstić information content (AvgIpc) is 2.40. The van der Waals surface area contributed by atoms with Crippen molar-refractivity contribution in [2.75, 3.05) is 13.1 Å². The van der Waals surface area contributed by atoms with Crippen molar-refractivity contribution in [1.82, 2.24) is 10.2 Å². The van der Waals surface area contributed by atoms with Gasteiger partial charge in [-0.05, 0) is 17.3 Å². The van der Waals surface area contributed by atoms with Gasteiger partial charge in [0.15, 0.2) is 0 Å². The molecule has 1 rings (SSSR count). The molecule has 4 nitrogen and oxygen atoms in total. The standard InChI is InChI=1S/C15H28N2O2/c1-10(2)13-14(19)17(8-7-12(18)16-13)9-11(3)15(4,5)6/h10-11,13H,7-9H2,1-6H3,(H,16,18). The Kier molecular flexibility index (Phi) is 4.99. The predicted octanol–water partition coefficient (Wildman–Crippen LogP) is 2.04. The first-order valence-electron chi connectivity index (χ1n) is 7.21. The van der Waals surface area contributed by atoms with Crippen molar-refractivity contribution in [3.63, 3.8) is 0 Å². The Morgan fingerprint density at radius 1 is 1.26 bits per heavy atom. The van der Waals surface area contributed by atoms with Crippen LogP contribution in [0.5, 0.6) is 0 Å². The van der Waals surface area contributed by atoms with E-state index >= 15 is 0 Å². The molecule has 1 aliphatic rings. The van der Waals surface area contributed by atoms with Crippen LogP contribution in [0.1, 0.15) is 48.0 Å². The van der Waals surface area contributed by atoms with Crippen LogP contribution in [0.2, 0.25) is 0 Å². The lowest BCUT2D eigenvalue weighted by molar-refractivity contribution is -0.135. The topological polar surface area (TPSA) is 49.4 Å². The largest absolute Gasteiger partial charge is 0.344 e. The Labute approximate surface area is 116 Å². The van der Waals surface area contributed by atoms with Gasteiger partial charge in [0.1, 0.15) is 6.04 Å². The third-order valence-corrected chi connectivity index (χ3v) is 4.14. The van der Waals surface area contributed by atoms with E-state index in [9.17, 15) is 9.59 Å². The van der Waals surface area contributed by atoms with Crippen LogP contribution in [0.4, 0.5) is 0 Å². The quantitative estimate of drug-likeness (QED) is 0.851. The van der Waals surface area contributed by atoms with Crippen molar-refractivity contribution in [3.8, 4) is 0 Å². The van der Waals surface area contributed by atoms with Gasteiger partial charge in [-0.15, -0.1) is 0 Å². The zero-order valence-electron chi connectivity index (χ0n) is 13.1. The minimum atomic E-state index is -0.373. The summed E-state index contributed by atoms with van der Waals surface area (Å²) in [4.78, 5) is 26.0. The van der Waals surface area contributed by atoms with E-state index in [1.807, 2.05) is 18.7 Å². The number of carbonyl (C=O) groups is 2. The minimum absolute atomic E-state index is 0.0158. The molecule has 110 valence electrons. The molecular formula is C15H28N2O2. The molecule has 0 aliphatic carbocycles. The fourth-order valence-electron chi connectivity index (χ4n) is 2.09. The molecule has 0 saturated carbocycles. The lowest BCUT2D eigenvalue weighted by Gasteiger charge is -2.34. The molecule has 0 spiro atoms. The Morgan fingerprint density at radius 3 is 2.32 bits per heavy atom. The monoisotopic (exact) mass is 268 g/mol. The molecule has 0 aromatic rings. The van der Waals surface area contributed by atoms with E-state index in [4.69, 9.17) is 0 Å². The lowest BCUT2D eigenvalue weighted by Crippen LogP contribution is -2.49.